The first-order valence-corrected chi connectivity index (χ1v) is 9.53. The fraction of sp³-hybridized carbons (Fsp3) is 0.650. The number of likely N-dealkylation sites (N-methyl/N-ethyl adjacent to an activating group) is 1. The maximum Gasteiger partial charge on any atom is 0.412 e. The molecule has 0 unspecified atom stereocenters. The van der Waals surface area contributed by atoms with Crippen LogP contribution in [0, 0.1) is 0 Å². The van der Waals surface area contributed by atoms with E-state index in [0.29, 0.717) is 17.4 Å². The standard InChI is InChI=1S/C20H34N4O3/c1-20(2,3)27-19(25)22-18-14-16(6-7-17(18)21)24-10-8-15(9-11-24)23(4)12-13-26-5/h6-7,14-15H,8-13,21H2,1-5H3,(H,22,25). The van der Waals surface area contributed by atoms with Crippen LogP contribution in [-0.2, 0) is 9.47 Å². The molecule has 1 saturated heterocycles. The lowest BCUT2D eigenvalue weighted by Gasteiger charge is -2.38. The maximum atomic E-state index is 12.1. The second-order valence-electron chi connectivity index (χ2n) is 8.09. The SMILES string of the molecule is COCCN(C)C1CCN(c2ccc(N)c(NC(=O)OC(C)(C)C)c2)CC1. The highest BCUT2D eigenvalue weighted by Gasteiger charge is 2.23. The average molecular weight is 379 g/mol. The number of benzene rings is 1. The Morgan fingerprint density at radius 2 is 2.00 bits per heavy atom. The molecule has 0 radical (unpaired) electrons. The summed E-state index contributed by atoms with van der Waals surface area (Å²) >= 11 is 0. The van der Waals surface area contributed by atoms with Gasteiger partial charge in [-0.15, -0.1) is 0 Å². The van der Waals surface area contributed by atoms with Crippen molar-refractivity contribution in [2.45, 2.75) is 45.3 Å². The minimum atomic E-state index is -0.548. The number of nitrogens with zero attached hydrogens (tertiary/aromatic N) is 2. The van der Waals surface area contributed by atoms with Crippen molar-refractivity contribution >= 4 is 23.2 Å². The molecule has 0 atom stereocenters. The predicted molar refractivity (Wildman–Crippen MR) is 110 cm³/mol. The summed E-state index contributed by atoms with van der Waals surface area (Å²) in [5.74, 6) is 0. The van der Waals surface area contributed by atoms with E-state index >= 15 is 0 Å². The van der Waals surface area contributed by atoms with Crippen LogP contribution in [0.5, 0.6) is 0 Å². The number of carbonyl (C=O) groups is 1. The van der Waals surface area contributed by atoms with Crippen molar-refractivity contribution < 1.29 is 14.3 Å². The number of ether oxygens (including phenoxy) is 2. The lowest BCUT2D eigenvalue weighted by molar-refractivity contribution is 0.0636. The summed E-state index contributed by atoms with van der Waals surface area (Å²) in [7, 11) is 3.89. The molecule has 2 rings (SSSR count). The molecule has 7 nitrogen and oxygen atoms in total. The van der Waals surface area contributed by atoms with Gasteiger partial charge in [-0.05, 0) is 58.9 Å². The Balaban J connectivity index is 1.97. The number of nitrogens with one attached hydrogen (secondary N) is 1. The Hall–Kier alpha value is -1.99. The van der Waals surface area contributed by atoms with E-state index in [9.17, 15) is 4.79 Å². The number of anilines is 3. The molecule has 152 valence electrons. The van der Waals surface area contributed by atoms with Gasteiger partial charge in [0.25, 0.3) is 0 Å². The molecule has 27 heavy (non-hydrogen) atoms. The van der Waals surface area contributed by atoms with Gasteiger partial charge in [0.1, 0.15) is 5.60 Å². The summed E-state index contributed by atoms with van der Waals surface area (Å²) < 4.78 is 10.5. The van der Waals surface area contributed by atoms with Gasteiger partial charge >= 0.3 is 6.09 Å². The van der Waals surface area contributed by atoms with Crippen molar-refractivity contribution in [1.29, 1.82) is 0 Å². The molecule has 1 aliphatic heterocycles. The normalized spacial score (nSPS) is 15.9. The van der Waals surface area contributed by atoms with Crippen LogP contribution in [0.15, 0.2) is 18.2 Å². The number of hydrogen-bond acceptors (Lipinski definition) is 6. The van der Waals surface area contributed by atoms with Gasteiger partial charge in [0.15, 0.2) is 0 Å². The highest BCUT2D eigenvalue weighted by Crippen LogP contribution is 2.29. The third-order valence-electron chi connectivity index (χ3n) is 4.77. The number of rotatable bonds is 6. The van der Waals surface area contributed by atoms with E-state index in [1.54, 1.807) is 7.11 Å². The summed E-state index contributed by atoms with van der Waals surface area (Å²) in [6.45, 7) is 9.15. The van der Waals surface area contributed by atoms with Crippen LogP contribution in [-0.4, -0.2) is 63.0 Å². The van der Waals surface area contributed by atoms with Crippen molar-refractivity contribution in [1.82, 2.24) is 4.90 Å². The van der Waals surface area contributed by atoms with Crippen LogP contribution in [0.3, 0.4) is 0 Å². The summed E-state index contributed by atoms with van der Waals surface area (Å²) in [6, 6.07) is 6.34. The molecule has 1 amide bonds. The molecule has 1 aromatic rings. The first-order chi connectivity index (χ1) is 12.7. The number of piperidine rings is 1. The highest BCUT2D eigenvalue weighted by atomic mass is 16.6. The maximum absolute atomic E-state index is 12.1. The third-order valence-corrected chi connectivity index (χ3v) is 4.77. The number of methoxy groups -OCH3 is 1. The van der Waals surface area contributed by atoms with Gasteiger partial charge in [0.05, 0.1) is 18.0 Å². The molecule has 1 fully saturated rings. The van der Waals surface area contributed by atoms with E-state index in [4.69, 9.17) is 15.2 Å². The molecular weight excluding hydrogens is 344 g/mol. The second-order valence-corrected chi connectivity index (χ2v) is 8.09. The van der Waals surface area contributed by atoms with E-state index in [2.05, 4.69) is 22.2 Å². The van der Waals surface area contributed by atoms with Crippen LogP contribution in [0.25, 0.3) is 0 Å². The van der Waals surface area contributed by atoms with Gasteiger partial charge in [-0.3, -0.25) is 5.32 Å². The summed E-state index contributed by atoms with van der Waals surface area (Å²) in [4.78, 5) is 16.8. The predicted octanol–water partition coefficient (Wildman–Crippen LogP) is 3.16. The quantitative estimate of drug-likeness (QED) is 0.740. The van der Waals surface area contributed by atoms with Gasteiger partial charge in [-0.2, -0.15) is 0 Å². The fourth-order valence-corrected chi connectivity index (χ4v) is 3.25. The number of carbonyl (C=O) groups excluding carboxylic acids is 1. The van der Waals surface area contributed by atoms with Crippen molar-refractivity contribution in [3.8, 4) is 0 Å². The molecule has 0 bridgehead atoms. The topological polar surface area (TPSA) is 80.1 Å². The van der Waals surface area contributed by atoms with E-state index in [-0.39, 0.29) is 0 Å². The zero-order valence-corrected chi connectivity index (χ0v) is 17.2. The van der Waals surface area contributed by atoms with Gasteiger partial charge in [0, 0.05) is 38.5 Å². The van der Waals surface area contributed by atoms with Crippen LogP contribution in [0.2, 0.25) is 0 Å². The minimum Gasteiger partial charge on any atom is -0.444 e. The molecule has 0 saturated carbocycles. The summed E-state index contributed by atoms with van der Waals surface area (Å²) in [6.07, 6.45) is 1.70. The Morgan fingerprint density at radius 3 is 2.59 bits per heavy atom. The molecule has 0 aliphatic carbocycles. The second kappa shape index (κ2) is 9.28. The minimum absolute atomic E-state index is 0.496. The van der Waals surface area contributed by atoms with Gasteiger partial charge in [-0.1, -0.05) is 0 Å². The zero-order valence-electron chi connectivity index (χ0n) is 17.2. The van der Waals surface area contributed by atoms with Crippen LogP contribution >= 0.6 is 0 Å². The fourth-order valence-electron chi connectivity index (χ4n) is 3.25. The Morgan fingerprint density at radius 1 is 1.33 bits per heavy atom. The Labute approximate surface area is 162 Å². The van der Waals surface area contributed by atoms with E-state index in [0.717, 1.165) is 44.8 Å². The number of hydrogen-bond donors (Lipinski definition) is 2. The number of nitrogens with two attached hydrogens (primary N) is 1. The largest absolute Gasteiger partial charge is 0.444 e. The van der Waals surface area contributed by atoms with Crippen LogP contribution < -0.4 is 16.0 Å². The summed E-state index contributed by atoms with van der Waals surface area (Å²) in [5.41, 5.74) is 7.66. The first-order valence-electron chi connectivity index (χ1n) is 9.53. The smallest absolute Gasteiger partial charge is 0.412 e. The van der Waals surface area contributed by atoms with Gasteiger partial charge in [0.2, 0.25) is 0 Å². The monoisotopic (exact) mass is 378 g/mol. The van der Waals surface area contributed by atoms with E-state index in [1.807, 2.05) is 39.0 Å². The highest BCUT2D eigenvalue weighted by molar-refractivity contribution is 5.90. The molecule has 3 N–H and O–H groups in total. The van der Waals surface area contributed by atoms with Crippen LogP contribution in [0.4, 0.5) is 21.9 Å². The summed E-state index contributed by atoms with van der Waals surface area (Å²) in [5, 5.41) is 2.76. The van der Waals surface area contributed by atoms with E-state index in [1.165, 1.54) is 0 Å². The molecule has 0 spiro atoms. The van der Waals surface area contributed by atoms with E-state index < -0.39 is 11.7 Å². The van der Waals surface area contributed by atoms with Crippen molar-refractivity contribution in [2.24, 2.45) is 0 Å². The third kappa shape index (κ3) is 6.59. The van der Waals surface area contributed by atoms with Gasteiger partial charge in [-0.25, -0.2) is 4.79 Å². The van der Waals surface area contributed by atoms with Crippen molar-refractivity contribution in [3.63, 3.8) is 0 Å². The van der Waals surface area contributed by atoms with Crippen molar-refractivity contribution in [3.05, 3.63) is 18.2 Å². The first kappa shape index (κ1) is 21.3. The molecule has 7 heteroatoms. The molecule has 1 aliphatic rings. The molecule has 0 aromatic heterocycles. The lowest BCUT2D eigenvalue weighted by Crippen LogP contribution is -2.44. The van der Waals surface area contributed by atoms with Crippen LogP contribution in [0.1, 0.15) is 33.6 Å². The average Bonchev–Trinajstić information content (AvgIpc) is 2.60. The van der Waals surface area contributed by atoms with Crippen molar-refractivity contribution in [2.75, 3.05) is 56.3 Å². The van der Waals surface area contributed by atoms with Gasteiger partial charge < -0.3 is 25.0 Å². The lowest BCUT2D eigenvalue weighted by atomic mass is 10.0. The zero-order chi connectivity index (χ0) is 20.0. The Bertz CT molecular complexity index is 622. The Kier molecular flexibility index (Phi) is 7.33. The number of amides is 1. The molecule has 1 heterocycles. The number of nitrogen functional groups attached to an aromatic ring is 1. The molecule has 1 aromatic carbocycles. The molecular formula is C20H34N4O3.